The lowest BCUT2D eigenvalue weighted by Gasteiger charge is -2.36. The topological polar surface area (TPSA) is 112 Å². The molecule has 1 saturated heterocycles. The Morgan fingerprint density at radius 2 is 1.81 bits per heavy atom. The van der Waals surface area contributed by atoms with Gasteiger partial charge in [0.25, 0.3) is 5.91 Å². The highest BCUT2D eigenvalue weighted by Crippen LogP contribution is 2.33. The molecular weight excluding hydrogens is 394 g/mol. The van der Waals surface area contributed by atoms with Crippen LogP contribution in [-0.4, -0.2) is 65.8 Å². The van der Waals surface area contributed by atoms with Crippen molar-refractivity contribution in [3.05, 3.63) is 34.1 Å². The lowest BCUT2D eigenvalue weighted by atomic mass is 10.0. The summed E-state index contributed by atoms with van der Waals surface area (Å²) in [5.74, 6) is 1.75. The van der Waals surface area contributed by atoms with Gasteiger partial charge in [0.05, 0.1) is 17.4 Å². The number of aromatic nitrogens is 3. The quantitative estimate of drug-likeness (QED) is 0.751. The molecule has 2 aliphatic heterocycles. The number of hydrogen-bond donors (Lipinski definition) is 2. The van der Waals surface area contributed by atoms with Gasteiger partial charge in [0.15, 0.2) is 0 Å². The minimum Gasteiger partial charge on any atom is -0.393 e. The van der Waals surface area contributed by atoms with Gasteiger partial charge in [-0.1, -0.05) is 0 Å². The van der Waals surface area contributed by atoms with Crippen LogP contribution in [0.25, 0.3) is 0 Å². The molecule has 4 heterocycles. The van der Waals surface area contributed by atoms with Crippen LogP contribution < -0.4 is 20.4 Å². The third-order valence-corrected chi connectivity index (χ3v) is 6.20. The van der Waals surface area contributed by atoms with Crippen molar-refractivity contribution in [1.82, 2.24) is 15.0 Å². The van der Waals surface area contributed by atoms with Gasteiger partial charge in [-0.3, -0.25) is 4.79 Å². The van der Waals surface area contributed by atoms with Crippen LogP contribution >= 0.6 is 0 Å². The molecule has 0 bridgehead atoms. The standard InChI is InChI=1S/C22H31N7O2/c1-13-11-16(19(23)31)20(24-14(13)2)29-10-7-18-17(12-29)21(26-22(25-18)27(3)4)28-8-5-15(30)6-9-28/h11,15,30H,5-10,12H2,1-4H3,(H2,23,31). The number of primary amides is 1. The predicted octanol–water partition coefficient (Wildman–Crippen LogP) is 1.18. The van der Waals surface area contributed by atoms with Crippen molar-refractivity contribution in [2.75, 3.05) is 48.4 Å². The summed E-state index contributed by atoms with van der Waals surface area (Å²) in [5.41, 5.74) is 10.0. The number of carbonyl (C=O) groups is 1. The third kappa shape index (κ3) is 4.14. The summed E-state index contributed by atoms with van der Waals surface area (Å²) in [7, 11) is 3.89. The Bertz CT molecular complexity index is 1000. The number of aliphatic hydroxyl groups is 1. The number of amides is 1. The van der Waals surface area contributed by atoms with Gasteiger partial charge in [-0.15, -0.1) is 0 Å². The van der Waals surface area contributed by atoms with Gasteiger partial charge < -0.3 is 25.5 Å². The second-order valence-electron chi connectivity index (χ2n) is 8.68. The van der Waals surface area contributed by atoms with Crippen LogP contribution in [-0.2, 0) is 13.0 Å². The molecule has 2 aromatic heterocycles. The van der Waals surface area contributed by atoms with Gasteiger partial charge in [-0.25, -0.2) is 9.97 Å². The van der Waals surface area contributed by atoms with E-state index in [1.807, 2.05) is 38.9 Å². The number of hydrogen-bond acceptors (Lipinski definition) is 8. The molecule has 166 valence electrons. The van der Waals surface area contributed by atoms with Gasteiger partial charge in [-0.05, 0) is 38.3 Å². The number of fused-ring (bicyclic) bond motifs is 1. The number of aryl methyl sites for hydroxylation is 2. The molecule has 9 heteroatoms. The largest absolute Gasteiger partial charge is 0.393 e. The Balaban J connectivity index is 1.75. The number of carbonyl (C=O) groups excluding carboxylic acids is 1. The lowest BCUT2D eigenvalue weighted by molar-refractivity contribution is 0.1000. The Morgan fingerprint density at radius 1 is 1.10 bits per heavy atom. The van der Waals surface area contributed by atoms with E-state index in [0.717, 1.165) is 60.7 Å². The molecule has 31 heavy (non-hydrogen) atoms. The molecule has 0 atom stereocenters. The second kappa shape index (κ2) is 8.30. The molecule has 2 aromatic rings. The average molecular weight is 426 g/mol. The maximum atomic E-state index is 12.1. The normalized spacial score (nSPS) is 16.9. The van der Waals surface area contributed by atoms with Crippen molar-refractivity contribution in [3.63, 3.8) is 0 Å². The Morgan fingerprint density at radius 3 is 2.45 bits per heavy atom. The van der Waals surface area contributed by atoms with E-state index in [9.17, 15) is 9.90 Å². The molecule has 0 saturated carbocycles. The summed E-state index contributed by atoms with van der Waals surface area (Å²) in [6.07, 6.45) is 1.93. The first-order valence-corrected chi connectivity index (χ1v) is 10.8. The van der Waals surface area contributed by atoms with E-state index in [2.05, 4.69) is 9.80 Å². The van der Waals surface area contributed by atoms with Crippen LogP contribution in [0, 0.1) is 13.8 Å². The summed E-state index contributed by atoms with van der Waals surface area (Å²) < 4.78 is 0. The number of aliphatic hydroxyl groups excluding tert-OH is 1. The fraction of sp³-hybridized carbons (Fsp3) is 0.545. The number of piperidine rings is 1. The molecule has 0 radical (unpaired) electrons. The van der Waals surface area contributed by atoms with E-state index in [1.165, 1.54) is 0 Å². The molecule has 9 nitrogen and oxygen atoms in total. The molecule has 3 N–H and O–H groups in total. The molecule has 2 aliphatic rings. The Kier molecular flexibility index (Phi) is 5.70. The minimum absolute atomic E-state index is 0.253. The third-order valence-electron chi connectivity index (χ3n) is 6.20. The zero-order valence-electron chi connectivity index (χ0n) is 18.7. The molecule has 1 amide bonds. The minimum atomic E-state index is -0.471. The molecule has 0 unspecified atom stereocenters. The maximum absolute atomic E-state index is 12.1. The van der Waals surface area contributed by atoms with Crippen molar-refractivity contribution < 1.29 is 9.90 Å². The van der Waals surface area contributed by atoms with E-state index in [-0.39, 0.29) is 6.10 Å². The van der Waals surface area contributed by atoms with Crippen LogP contribution in [0.5, 0.6) is 0 Å². The number of rotatable bonds is 4. The lowest BCUT2D eigenvalue weighted by Crippen LogP contribution is -2.40. The van der Waals surface area contributed by atoms with Gasteiger partial charge in [-0.2, -0.15) is 4.98 Å². The summed E-state index contributed by atoms with van der Waals surface area (Å²) in [6.45, 7) is 6.65. The van der Waals surface area contributed by atoms with Crippen molar-refractivity contribution >= 4 is 23.5 Å². The zero-order valence-corrected chi connectivity index (χ0v) is 18.7. The first-order chi connectivity index (χ1) is 14.7. The van der Waals surface area contributed by atoms with Crippen LogP contribution in [0.3, 0.4) is 0 Å². The van der Waals surface area contributed by atoms with E-state index >= 15 is 0 Å². The molecule has 1 fully saturated rings. The van der Waals surface area contributed by atoms with E-state index in [0.29, 0.717) is 30.4 Å². The van der Waals surface area contributed by atoms with E-state index < -0.39 is 5.91 Å². The molecule has 0 aromatic carbocycles. The summed E-state index contributed by atoms with van der Waals surface area (Å²) in [4.78, 5) is 32.8. The van der Waals surface area contributed by atoms with Crippen LogP contribution in [0.4, 0.5) is 17.6 Å². The second-order valence-corrected chi connectivity index (χ2v) is 8.68. The smallest absolute Gasteiger partial charge is 0.252 e. The highest BCUT2D eigenvalue weighted by atomic mass is 16.3. The number of nitrogens with two attached hydrogens (primary N) is 1. The van der Waals surface area contributed by atoms with Crippen molar-refractivity contribution in [2.24, 2.45) is 5.73 Å². The number of pyridine rings is 1. The average Bonchev–Trinajstić information content (AvgIpc) is 2.74. The van der Waals surface area contributed by atoms with Gasteiger partial charge in [0.1, 0.15) is 11.6 Å². The Labute approximate surface area is 182 Å². The Hall–Kier alpha value is -2.94. The summed E-state index contributed by atoms with van der Waals surface area (Å²) in [5, 5.41) is 9.95. The first kappa shape index (κ1) is 21.3. The first-order valence-electron chi connectivity index (χ1n) is 10.8. The summed E-state index contributed by atoms with van der Waals surface area (Å²) in [6, 6.07) is 1.83. The van der Waals surface area contributed by atoms with Crippen LogP contribution in [0.1, 0.15) is 45.7 Å². The van der Waals surface area contributed by atoms with E-state index in [4.69, 9.17) is 20.7 Å². The predicted molar refractivity (Wildman–Crippen MR) is 121 cm³/mol. The van der Waals surface area contributed by atoms with Gasteiger partial charge in [0, 0.05) is 58.0 Å². The highest BCUT2D eigenvalue weighted by Gasteiger charge is 2.30. The SMILES string of the molecule is Cc1cc(C(N)=O)c(N2CCc3nc(N(C)C)nc(N4CCC(O)CC4)c3C2)nc1C. The number of nitrogens with zero attached hydrogens (tertiary/aromatic N) is 6. The fourth-order valence-electron chi connectivity index (χ4n) is 4.22. The van der Waals surface area contributed by atoms with Crippen LogP contribution in [0.15, 0.2) is 6.07 Å². The van der Waals surface area contributed by atoms with Gasteiger partial charge in [0.2, 0.25) is 5.95 Å². The molecule has 4 rings (SSSR count). The fourth-order valence-corrected chi connectivity index (χ4v) is 4.22. The molecular formula is C22H31N7O2. The molecule has 0 aliphatic carbocycles. The maximum Gasteiger partial charge on any atom is 0.252 e. The number of anilines is 3. The summed E-state index contributed by atoms with van der Waals surface area (Å²) >= 11 is 0. The molecule has 0 spiro atoms. The monoisotopic (exact) mass is 425 g/mol. The van der Waals surface area contributed by atoms with Crippen LogP contribution in [0.2, 0.25) is 0 Å². The van der Waals surface area contributed by atoms with Crippen molar-refractivity contribution in [2.45, 2.75) is 45.8 Å². The highest BCUT2D eigenvalue weighted by molar-refractivity contribution is 5.98. The van der Waals surface area contributed by atoms with Crippen molar-refractivity contribution in [3.8, 4) is 0 Å². The zero-order chi connectivity index (χ0) is 22.3. The van der Waals surface area contributed by atoms with E-state index in [1.54, 1.807) is 0 Å². The van der Waals surface area contributed by atoms with Gasteiger partial charge >= 0.3 is 0 Å². The van der Waals surface area contributed by atoms with Crippen molar-refractivity contribution in [1.29, 1.82) is 0 Å².